The molecule has 2 rings (SSSR count). The van der Waals surface area contributed by atoms with Crippen molar-refractivity contribution in [1.82, 2.24) is 9.78 Å². The van der Waals surface area contributed by atoms with Crippen LogP contribution >= 0.6 is 15.9 Å². The molecule has 2 aromatic rings. The minimum absolute atomic E-state index is 0.147. The summed E-state index contributed by atoms with van der Waals surface area (Å²) < 4.78 is 14.9. The van der Waals surface area contributed by atoms with Gasteiger partial charge >= 0.3 is 0 Å². The molecule has 1 amide bonds. The largest absolute Gasteiger partial charge is 0.305 e. The van der Waals surface area contributed by atoms with Crippen LogP contribution in [0.3, 0.4) is 0 Å². The number of aromatic nitrogens is 2. The summed E-state index contributed by atoms with van der Waals surface area (Å²) in [4.78, 5) is 11.8. The zero-order valence-corrected chi connectivity index (χ0v) is 10.5. The van der Waals surface area contributed by atoms with E-state index in [1.807, 2.05) is 0 Å². The zero-order chi connectivity index (χ0) is 12.4. The Balaban J connectivity index is 2.23. The van der Waals surface area contributed by atoms with Crippen LogP contribution in [-0.2, 0) is 7.05 Å². The van der Waals surface area contributed by atoms with Gasteiger partial charge in [0.25, 0.3) is 5.91 Å². The Hall–Kier alpha value is -1.69. The molecule has 0 aliphatic heterocycles. The second kappa shape index (κ2) is 4.67. The van der Waals surface area contributed by atoms with E-state index in [1.54, 1.807) is 24.0 Å². The lowest BCUT2D eigenvalue weighted by Crippen LogP contribution is -2.13. The average Bonchev–Trinajstić information content (AvgIpc) is 2.68. The first-order valence-electron chi connectivity index (χ1n) is 4.83. The molecule has 0 spiro atoms. The van der Waals surface area contributed by atoms with Crippen LogP contribution in [0.1, 0.15) is 10.4 Å². The van der Waals surface area contributed by atoms with E-state index in [0.717, 1.165) is 0 Å². The van der Waals surface area contributed by atoms with Crippen molar-refractivity contribution in [1.29, 1.82) is 0 Å². The van der Waals surface area contributed by atoms with E-state index in [1.165, 1.54) is 18.2 Å². The van der Waals surface area contributed by atoms with Crippen LogP contribution in [0, 0.1) is 5.82 Å². The van der Waals surface area contributed by atoms with Crippen molar-refractivity contribution in [2.75, 3.05) is 5.32 Å². The maximum atomic E-state index is 13.2. The van der Waals surface area contributed by atoms with E-state index in [9.17, 15) is 9.18 Å². The molecule has 17 heavy (non-hydrogen) atoms. The number of aryl methyl sites for hydroxylation is 1. The molecular weight excluding hydrogens is 289 g/mol. The number of carbonyl (C=O) groups is 1. The molecule has 4 nitrogen and oxygen atoms in total. The lowest BCUT2D eigenvalue weighted by molar-refractivity contribution is 0.102. The van der Waals surface area contributed by atoms with Crippen molar-refractivity contribution in [3.8, 4) is 0 Å². The summed E-state index contributed by atoms with van der Waals surface area (Å²) in [6.45, 7) is 0. The maximum Gasteiger partial charge on any atom is 0.258 e. The number of hydrogen-bond donors (Lipinski definition) is 1. The standard InChI is InChI=1S/C11H9BrFN3O/c1-16-6-5-9(15-16)14-11(17)7-3-2-4-8(13)10(7)12/h2-6H,1H3,(H,14,15,17). The van der Waals surface area contributed by atoms with E-state index in [2.05, 4.69) is 26.3 Å². The van der Waals surface area contributed by atoms with Crippen LogP contribution in [0.25, 0.3) is 0 Å². The van der Waals surface area contributed by atoms with E-state index in [4.69, 9.17) is 0 Å². The Bertz CT molecular complexity index is 568. The third-order valence-electron chi connectivity index (χ3n) is 2.15. The highest BCUT2D eigenvalue weighted by Gasteiger charge is 2.13. The number of rotatable bonds is 2. The average molecular weight is 298 g/mol. The van der Waals surface area contributed by atoms with Crippen molar-refractivity contribution in [2.45, 2.75) is 0 Å². The molecule has 1 aromatic heterocycles. The Labute approximate surface area is 106 Å². The van der Waals surface area contributed by atoms with Gasteiger partial charge in [-0.25, -0.2) is 4.39 Å². The number of nitrogens with zero attached hydrogens (tertiary/aromatic N) is 2. The molecule has 0 saturated carbocycles. The quantitative estimate of drug-likeness (QED) is 0.926. The molecule has 0 bridgehead atoms. The van der Waals surface area contributed by atoms with Crippen LogP contribution in [0.5, 0.6) is 0 Å². The highest BCUT2D eigenvalue weighted by molar-refractivity contribution is 9.10. The first-order chi connectivity index (χ1) is 8.08. The summed E-state index contributed by atoms with van der Waals surface area (Å²) in [5.74, 6) is -0.456. The van der Waals surface area contributed by atoms with Crippen LogP contribution in [-0.4, -0.2) is 15.7 Å². The molecule has 0 radical (unpaired) electrons. The van der Waals surface area contributed by atoms with Gasteiger partial charge in [0, 0.05) is 19.3 Å². The zero-order valence-electron chi connectivity index (χ0n) is 8.95. The maximum absolute atomic E-state index is 13.2. The third kappa shape index (κ3) is 2.52. The monoisotopic (exact) mass is 297 g/mol. The second-order valence-corrected chi connectivity index (χ2v) is 4.22. The van der Waals surface area contributed by atoms with E-state index >= 15 is 0 Å². The number of benzene rings is 1. The summed E-state index contributed by atoms with van der Waals surface area (Å²) in [6, 6.07) is 5.95. The lowest BCUT2D eigenvalue weighted by atomic mass is 10.2. The smallest absolute Gasteiger partial charge is 0.258 e. The Morgan fingerprint density at radius 3 is 2.88 bits per heavy atom. The van der Waals surface area contributed by atoms with E-state index in [0.29, 0.717) is 5.82 Å². The molecule has 6 heteroatoms. The minimum Gasteiger partial charge on any atom is -0.305 e. The molecule has 0 unspecified atom stereocenters. The molecule has 0 saturated heterocycles. The number of halogens is 2. The van der Waals surface area contributed by atoms with Crippen LogP contribution in [0.2, 0.25) is 0 Å². The lowest BCUT2D eigenvalue weighted by Gasteiger charge is -2.04. The van der Waals surface area contributed by atoms with Gasteiger partial charge in [-0.05, 0) is 28.1 Å². The van der Waals surface area contributed by atoms with Gasteiger partial charge in [0.05, 0.1) is 10.0 Å². The Kier molecular flexibility index (Phi) is 3.23. The van der Waals surface area contributed by atoms with Gasteiger partial charge < -0.3 is 5.32 Å². The molecule has 1 aromatic carbocycles. The molecule has 1 N–H and O–H groups in total. The minimum atomic E-state index is -0.473. The number of anilines is 1. The third-order valence-corrected chi connectivity index (χ3v) is 2.96. The highest BCUT2D eigenvalue weighted by atomic mass is 79.9. The molecule has 0 atom stereocenters. The SMILES string of the molecule is Cn1ccc(NC(=O)c2cccc(F)c2Br)n1. The van der Waals surface area contributed by atoms with Gasteiger partial charge in [-0.2, -0.15) is 5.10 Å². The van der Waals surface area contributed by atoms with Gasteiger partial charge in [-0.3, -0.25) is 9.48 Å². The summed E-state index contributed by atoms with van der Waals surface area (Å²) in [5, 5.41) is 6.58. The van der Waals surface area contributed by atoms with Gasteiger partial charge in [0.15, 0.2) is 5.82 Å². The summed E-state index contributed by atoms with van der Waals surface area (Å²) in [6.07, 6.45) is 1.70. The van der Waals surface area contributed by atoms with Crippen molar-refractivity contribution in [3.63, 3.8) is 0 Å². The summed E-state index contributed by atoms with van der Waals surface area (Å²) in [7, 11) is 1.74. The van der Waals surface area contributed by atoms with Crippen LogP contribution in [0.4, 0.5) is 10.2 Å². The van der Waals surface area contributed by atoms with Gasteiger partial charge in [0.1, 0.15) is 5.82 Å². The number of hydrogen-bond acceptors (Lipinski definition) is 2. The topological polar surface area (TPSA) is 46.9 Å². The summed E-state index contributed by atoms with van der Waals surface area (Å²) >= 11 is 3.04. The number of nitrogens with one attached hydrogen (secondary N) is 1. The number of carbonyl (C=O) groups excluding carboxylic acids is 1. The van der Waals surface area contributed by atoms with Crippen molar-refractivity contribution < 1.29 is 9.18 Å². The predicted molar refractivity (Wildman–Crippen MR) is 65.3 cm³/mol. The number of amides is 1. The van der Waals surface area contributed by atoms with E-state index in [-0.39, 0.29) is 10.0 Å². The van der Waals surface area contributed by atoms with Crippen molar-refractivity contribution in [3.05, 3.63) is 46.3 Å². The predicted octanol–water partition coefficient (Wildman–Crippen LogP) is 2.57. The molecule has 0 fully saturated rings. The fraction of sp³-hybridized carbons (Fsp3) is 0.0909. The molecule has 0 aliphatic rings. The fourth-order valence-corrected chi connectivity index (χ4v) is 1.79. The van der Waals surface area contributed by atoms with Crippen molar-refractivity contribution in [2.24, 2.45) is 7.05 Å². The Morgan fingerprint density at radius 1 is 1.47 bits per heavy atom. The summed E-state index contributed by atoms with van der Waals surface area (Å²) in [5.41, 5.74) is 0.232. The molecule has 0 aliphatic carbocycles. The van der Waals surface area contributed by atoms with Gasteiger partial charge in [-0.1, -0.05) is 6.07 Å². The fourth-order valence-electron chi connectivity index (χ4n) is 1.34. The molecular formula is C11H9BrFN3O. The van der Waals surface area contributed by atoms with Gasteiger partial charge in [-0.15, -0.1) is 0 Å². The van der Waals surface area contributed by atoms with Crippen LogP contribution < -0.4 is 5.32 Å². The Morgan fingerprint density at radius 2 is 2.24 bits per heavy atom. The molecule has 88 valence electrons. The first kappa shape index (κ1) is 11.8. The normalized spacial score (nSPS) is 10.3. The van der Waals surface area contributed by atoms with Gasteiger partial charge in [0.2, 0.25) is 0 Å². The van der Waals surface area contributed by atoms with E-state index < -0.39 is 11.7 Å². The first-order valence-corrected chi connectivity index (χ1v) is 5.62. The van der Waals surface area contributed by atoms with Crippen molar-refractivity contribution >= 4 is 27.7 Å². The molecule has 1 heterocycles. The van der Waals surface area contributed by atoms with Crippen LogP contribution in [0.15, 0.2) is 34.9 Å². The second-order valence-electron chi connectivity index (χ2n) is 3.43. The highest BCUT2D eigenvalue weighted by Crippen LogP contribution is 2.21.